The van der Waals surface area contributed by atoms with E-state index in [2.05, 4.69) is 10.0 Å². The number of nitrogens with one attached hydrogen (secondary N) is 2. The summed E-state index contributed by atoms with van der Waals surface area (Å²) in [5.41, 5.74) is 0. The summed E-state index contributed by atoms with van der Waals surface area (Å²) in [5.74, 6) is -1.08. The Kier molecular flexibility index (Phi) is 5.17. The van der Waals surface area contributed by atoms with Crippen molar-refractivity contribution in [2.45, 2.75) is 31.7 Å². The Morgan fingerprint density at radius 1 is 1.50 bits per heavy atom. The number of aliphatic carboxylic acids is 1. The van der Waals surface area contributed by atoms with Crippen LogP contribution in [-0.4, -0.2) is 44.4 Å². The van der Waals surface area contributed by atoms with Crippen molar-refractivity contribution < 1.29 is 18.3 Å². The molecule has 1 rings (SSSR count). The third-order valence-corrected chi connectivity index (χ3v) is 3.97. The number of rotatable bonds is 6. The third-order valence-electron chi connectivity index (χ3n) is 2.45. The van der Waals surface area contributed by atoms with Crippen LogP contribution < -0.4 is 10.0 Å². The van der Waals surface area contributed by atoms with Gasteiger partial charge in [-0.2, -0.15) is 0 Å². The second-order valence-corrected chi connectivity index (χ2v) is 5.85. The number of hydrogen-bond donors (Lipinski definition) is 3. The summed E-state index contributed by atoms with van der Waals surface area (Å²) in [6.45, 7) is 1.58. The number of hydrogen-bond acceptors (Lipinski definition) is 4. The topological polar surface area (TPSA) is 95.5 Å². The number of carboxylic acids is 1. The standard InChI is InChI=1S/C9H18N2O4S/c12-9(13)4-2-6-16(14,15)11-8-3-1-5-10-7-8/h8,10-11H,1-7H2,(H,12,13)/t8-/m1/s1. The molecule has 1 fully saturated rings. The first-order valence-corrected chi connectivity index (χ1v) is 7.07. The molecule has 0 aromatic rings. The average Bonchev–Trinajstić information content (AvgIpc) is 2.17. The summed E-state index contributed by atoms with van der Waals surface area (Å²) >= 11 is 0. The van der Waals surface area contributed by atoms with Crippen LogP contribution in [0.2, 0.25) is 0 Å². The molecule has 7 heteroatoms. The molecule has 0 aromatic carbocycles. The van der Waals surface area contributed by atoms with Crippen LogP contribution in [-0.2, 0) is 14.8 Å². The minimum atomic E-state index is -3.33. The molecule has 0 aromatic heterocycles. The maximum absolute atomic E-state index is 11.5. The SMILES string of the molecule is O=C(O)CCCS(=O)(=O)N[C@@H]1CCCNC1. The van der Waals surface area contributed by atoms with Crippen LogP contribution >= 0.6 is 0 Å². The molecule has 1 aliphatic heterocycles. The Labute approximate surface area is 95.5 Å². The van der Waals surface area contributed by atoms with Gasteiger partial charge in [0.2, 0.25) is 10.0 Å². The van der Waals surface area contributed by atoms with Crippen molar-refractivity contribution in [3.63, 3.8) is 0 Å². The van der Waals surface area contributed by atoms with Crippen LogP contribution in [0.15, 0.2) is 0 Å². The fraction of sp³-hybridized carbons (Fsp3) is 0.889. The van der Waals surface area contributed by atoms with Gasteiger partial charge in [-0.1, -0.05) is 0 Å². The number of carboxylic acid groups (broad SMARTS) is 1. The second kappa shape index (κ2) is 6.17. The van der Waals surface area contributed by atoms with Gasteiger partial charge in [0.15, 0.2) is 0 Å². The van der Waals surface area contributed by atoms with Crippen molar-refractivity contribution in [2.24, 2.45) is 0 Å². The highest BCUT2D eigenvalue weighted by molar-refractivity contribution is 7.89. The predicted octanol–water partition coefficient (Wildman–Crippen LogP) is -0.477. The zero-order valence-electron chi connectivity index (χ0n) is 9.11. The van der Waals surface area contributed by atoms with Crippen molar-refractivity contribution in [3.8, 4) is 0 Å². The van der Waals surface area contributed by atoms with E-state index in [4.69, 9.17) is 5.11 Å². The second-order valence-electron chi connectivity index (χ2n) is 3.98. The monoisotopic (exact) mass is 250 g/mol. The molecule has 0 radical (unpaired) electrons. The molecule has 6 nitrogen and oxygen atoms in total. The van der Waals surface area contributed by atoms with Gasteiger partial charge in [0.1, 0.15) is 0 Å². The normalized spacial score (nSPS) is 21.9. The highest BCUT2D eigenvalue weighted by atomic mass is 32.2. The van der Waals surface area contributed by atoms with Crippen molar-refractivity contribution >= 4 is 16.0 Å². The molecule has 0 unspecified atom stereocenters. The van der Waals surface area contributed by atoms with E-state index in [9.17, 15) is 13.2 Å². The molecule has 1 aliphatic rings. The largest absolute Gasteiger partial charge is 0.481 e. The minimum absolute atomic E-state index is 0.0522. The van der Waals surface area contributed by atoms with Gasteiger partial charge >= 0.3 is 5.97 Å². The van der Waals surface area contributed by atoms with Gasteiger partial charge in [-0.15, -0.1) is 0 Å². The Morgan fingerprint density at radius 2 is 2.25 bits per heavy atom. The van der Waals surface area contributed by atoms with Gasteiger partial charge in [-0.3, -0.25) is 4.79 Å². The average molecular weight is 250 g/mol. The molecular weight excluding hydrogens is 232 g/mol. The lowest BCUT2D eigenvalue weighted by molar-refractivity contribution is -0.137. The quantitative estimate of drug-likeness (QED) is 0.592. The van der Waals surface area contributed by atoms with E-state index in [0.717, 1.165) is 19.4 Å². The Morgan fingerprint density at radius 3 is 2.81 bits per heavy atom. The maximum atomic E-state index is 11.5. The summed E-state index contributed by atoms with van der Waals surface area (Å²) in [6, 6.07) is -0.0522. The van der Waals surface area contributed by atoms with Crippen LogP contribution in [0.25, 0.3) is 0 Å². The van der Waals surface area contributed by atoms with Crippen LogP contribution in [0.4, 0.5) is 0 Å². The number of carbonyl (C=O) groups is 1. The van der Waals surface area contributed by atoms with E-state index in [1.165, 1.54) is 0 Å². The van der Waals surface area contributed by atoms with Crippen molar-refractivity contribution in [3.05, 3.63) is 0 Å². The van der Waals surface area contributed by atoms with E-state index < -0.39 is 16.0 Å². The molecule has 0 saturated carbocycles. The predicted molar refractivity (Wildman–Crippen MR) is 59.7 cm³/mol. The molecule has 0 bridgehead atoms. The molecular formula is C9H18N2O4S. The molecule has 1 atom stereocenters. The van der Waals surface area contributed by atoms with Gasteiger partial charge in [0.05, 0.1) is 5.75 Å². The fourth-order valence-electron chi connectivity index (χ4n) is 1.68. The van der Waals surface area contributed by atoms with Gasteiger partial charge in [-0.25, -0.2) is 13.1 Å². The zero-order chi connectivity index (χ0) is 12.0. The molecule has 16 heavy (non-hydrogen) atoms. The van der Waals surface area contributed by atoms with E-state index >= 15 is 0 Å². The third kappa shape index (κ3) is 5.43. The van der Waals surface area contributed by atoms with Crippen LogP contribution in [0.5, 0.6) is 0 Å². The molecule has 94 valence electrons. The highest BCUT2D eigenvalue weighted by Crippen LogP contribution is 2.04. The number of sulfonamides is 1. The highest BCUT2D eigenvalue weighted by Gasteiger charge is 2.19. The molecule has 3 N–H and O–H groups in total. The lowest BCUT2D eigenvalue weighted by atomic mass is 10.1. The van der Waals surface area contributed by atoms with E-state index in [-0.39, 0.29) is 24.6 Å². The minimum Gasteiger partial charge on any atom is -0.481 e. The van der Waals surface area contributed by atoms with Gasteiger partial charge < -0.3 is 10.4 Å². The lowest BCUT2D eigenvalue weighted by Crippen LogP contribution is -2.46. The van der Waals surface area contributed by atoms with Crippen LogP contribution in [0, 0.1) is 0 Å². The summed E-state index contributed by atoms with van der Waals surface area (Å²) in [7, 11) is -3.33. The molecule has 0 aliphatic carbocycles. The summed E-state index contributed by atoms with van der Waals surface area (Å²) in [6.07, 6.45) is 1.85. The molecule has 0 amide bonds. The first-order valence-electron chi connectivity index (χ1n) is 5.42. The van der Waals surface area contributed by atoms with Gasteiger partial charge in [-0.05, 0) is 25.8 Å². The zero-order valence-corrected chi connectivity index (χ0v) is 9.92. The molecule has 1 heterocycles. The first-order chi connectivity index (χ1) is 7.49. The maximum Gasteiger partial charge on any atom is 0.303 e. The van der Waals surface area contributed by atoms with E-state index in [1.54, 1.807) is 0 Å². The molecule has 0 spiro atoms. The van der Waals surface area contributed by atoms with Crippen LogP contribution in [0.1, 0.15) is 25.7 Å². The fourth-order valence-corrected chi connectivity index (χ4v) is 3.03. The van der Waals surface area contributed by atoms with E-state index in [1.807, 2.05) is 0 Å². The number of piperidine rings is 1. The van der Waals surface area contributed by atoms with Crippen molar-refractivity contribution in [1.82, 2.24) is 10.0 Å². The first kappa shape index (κ1) is 13.4. The van der Waals surface area contributed by atoms with Gasteiger partial charge in [0.25, 0.3) is 0 Å². The summed E-state index contributed by atoms with van der Waals surface area (Å²) < 4.78 is 25.7. The van der Waals surface area contributed by atoms with Gasteiger partial charge in [0, 0.05) is 19.0 Å². The summed E-state index contributed by atoms with van der Waals surface area (Å²) in [4.78, 5) is 10.2. The molecule has 1 saturated heterocycles. The van der Waals surface area contributed by atoms with Crippen LogP contribution in [0.3, 0.4) is 0 Å². The Bertz CT molecular complexity index is 322. The lowest BCUT2D eigenvalue weighted by Gasteiger charge is -2.23. The Hall–Kier alpha value is -0.660. The van der Waals surface area contributed by atoms with E-state index in [0.29, 0.717) is 6.54 Å². The van der Waals surface area contributed by atoms with Crippen molar-refractivity contribution in [2.75, 3.05) is 18.8 Å². The Balaban J connectivity index is 2.29. The smallest absolute Gasteiger partial charge is 0.303 e. The van der Waals surface area contributed by atoms with Crippen molar-refractivity contribution in [1.29, 1.82) is 0 Å². The summed E-state index contributed by atoms with van der Waals surface area (Å²) in [5, 5.41) is 11.5.